The molecule has 1 unspecified atom stereocenters. The Balaban J connectivity index is 2.24. The lowest BCUT2D eigenvalue weighted by molar-refractivity contribution is -0.119. The van der Waals surface area contributed by atoms with Crippen molar-refractivity contribution in [2.45, 2.75) is 26.4 Å². The van der Waals surface area contributed by atoms with Crippen molar-refractivity contribution < 1.29 is 9.53 Å². The Morgan fingerprint density at radius 1 is 1.53 bits per heavy atom. The van der Waals surface area contributed by atoms with E-state index in [-0.39, 0.29) is 17.9 Å². The molecule has 1 aromatic rings. The first-order chi connectivity index (χ1) is 8.10. The van der Waals surface area contributed by atoms with Crippen LogP contribution in [0.3, 0.4) is 0 Å². The predicted octanol–water partition coefficient (Wildman–Crippen LogP) is 1.54. The molecule has 92 valence electrons. The van der Waals surface area contributed by atoms with E-state index in [0.717, 1.165) is 17.0 Å². The number of anilines is 1. The van der Waals surface area contributed by atoms with Gasteiger partial charge in [-0.1, -0.05) is 0 Å². The lowest BCUT2D eigenvalue weighted by atomic mass is 9.93. The highest BCUT2D eigenvalue weighted by molar-refractivity contribution is 5.96. The zero-order chi connectivity index (χ0) is 12.4. The van der Waals surface area contributed by atoms with Crippen LogP contribution in [0.5, 0.6) is 5.75 Å². The molecule has 1 aliphatic rings. The van der Waals surface area contributed by atoms with Gasteiger partial charge in [0.25, 0.3) is 0 Å². The highest BCUT2D eigenvalue weighted by Crippen LogP contribution is 2.29. The van der Waals surface area contributed by atoms with Crippen LogP contribution in [-0.4, -0.2) is 18.6 Å². The number of hydrogen-bond donors (Lipinski definition) is 2. The maximum absolute atomic E-state index is 11.6. The Bertz CT molecular complexity index is 429. The number of benzene rings is 1. The zero-order valence-corrected chi connectivity index (χ0v) is 10.2. The summed E-state index contributed by atoms with van der Waals surface area (Å²) in [5.41, 5.74) is 7.54. The first-order valence-corrected chi connectivity index (χ1v) is 5.90. The molecule has 0 aromatic heterocycles. The van der Waals surface area contributed by atoms with Crippen LogP contribution in [0.4, 0.5) is 5.69 Å². The molecule has 0 radical (unpaired) electrons. The van der Waals surface area contributed by atoms with Crippen molar-refractivity contribution in [3.63, 3.8) is 0 Å². The molecule has 0 saturated heterocycles. The molecule has 1 aromatic carbocycles. The van der Waals surface area contributed by atoms with Gasteiger partial charge in [0.15, 0.2) is 0 Å². The van der Waals surface area contributed by atoms with E-state index < -0.39 is 0 Å². The van der Waals surface area contributed by atoms with Gasteiger partial charge in [-0.25, -0.2) is 0 Å². The molecule has 17 heavy (non-hydrogen) atoms. The van der Waals surface area contributed by atoms with E-state index >= 15 is 0 Å². The number of carbonyl (C=O) groups excluding carboxylic acids is 1. The number of carbonyl (C=O) groups is 1. The van der Waals surface area contributed by atoms with E-state index in [0.29, 0.717) is 13.0 Å². The van der Waals surface area contributed by atoms with Crippen molar-refractivity contribution >= 4 is 11.6 Å². The second kappa shape index (κ2) is 4.75. The summed E-state index contributed by atoms with van der Waals surface area (Å²) in [4.78, 5) is 11.6. The molecule has 4 heteroatoms. The number of nitrogens with one attached hydrogen (secondary N) is 1. The molecule has 2 rings (SSSR count). The van der Waals surface area contributed by atoms with Gasteiger partial charge in [-0.05, 0) is 44.0 Å². The van der Waals surface area contributed by atoms with E-state index in [1.807, 2.05) is 32.0 Å². The normalized spacial score (nSPS) is 18.8. The molecule has 0 saturated carbocycles. The second-order valence-electron chi connectivity index (χ2n) is 4.61. The first-order valence-electron chi connectivity index (χ1n) is 5.90. The third kappa shape index (κ3) is 2.58. The predicted molar refractivity (Wildman–Crippen MR) is 67.1 cm³/mol. The van der Waals surface area contributed by atoms with Crippen molar-refractivity contribution in [1.82, 2.24) is 0 Å². The minimum Gasteiger partial charge on any atom is -0.491 e. The van der Waals surface area contributed by atoms with Crippen LogP contribution in [0, 0.1) is 5.92 Å². The molecule has 3 N–H and O–H groups in total. The molecule has 1 aliphatic heterocycles. The summed E-state index contributed by atoms with van der Waals surface area (Å²) in [6.45, 7) is 4.36. The van der Waals surface area contributed by atoms with Gasteiger partial charge >= 0.3 is 0 Å². The van der Waals surface area contributed by atoms with E-state index in [9.17, 15) is 4.79 Å². The maximum atomic E-state index is 11.6. The number of ether oxygens (including phenoxy) is 1. The standard InChI is InChI=1S/C13H18N2O2/c1-8(2)17-11-3-4-12-9(6-11)5-10(7-14)13(16)15-12/h3-4,6,8,10H,5,7,14H2,1-2H3,(H,15,16). The molecule has 0 fully saturated rings. The molecule has 0 spiro atoms. The Kier molecular flexibility index (Phi) is 3.33. The van der Waals surface area contributed by atoms with Crippen LogP contribution >= 0.6 is 0 Å². The third-order valence-corrected chi connectivity index (χ3v) is 2.83. The van der Waals surface area contributed by atoms with Gasteiger partial charge in [-0.2, -0.15) is 0 Å². The monoisotopic (exact) mass is 234 g/mol. The molecular weight excluding hydrogens is 216 g/mol. The Morgan fingerprint density at radius 3 is 2.94 bits per heavy atom. The largest absolute Gasteiger partial charge is 0.491 e. The molecule has 1 heterocycles. The number of rotatable bonds is 3. The van der Waals surface area contributed by atoms with Crippen LogP contribution in [0.1, 0.15) is 19.4 Å². The summed E-state index contributed by atoms with van der Waals surface area (Å²) in [7, 11) is 0. The van der Waals surface area contributed by atoms with Gasteiger partial charge in [0.2, 0.25) is 5.91 Å². The van der Waals surface area contributed by atoms with Crippen molar-refractivity contribution in [3.8, 4) is 5.75 Å². The minimum atomic E-state index is -0.128. The van der Waals surface area contributed by atoms with Crippen molar-refractivity contribution in [3.05, 3.63) is 23.8 Å². The van der Waals surface area contributed by atoms with Gasteiger partial charge in [0.1, 0.15) is 5.75 Å². The molecule has 0 bridgehead atoms. The van der Waals surface area contributed by atoms with Gasteiger partial charge < -0.3 is 15.8 Å². The number of hydrogen-bond acceptors (Lipinski definition) is 3. The topological polar surface area (TPSA) is 64.3 Å². The number of fused-ring (bicyclic) bond motifs is 1. The minimum absolute atomic E-state index is 0.0116. The van der Waals surface area contributed by atoms with Gasteiger partial charge in [0.05, 0.1) is 12.0 Å². The number of nitrogens with two attached hydrogens (primary N) is 1. The second-order valence-corrected chi connectivity index (χ2v) is 4.61. The van der Waals surface area contributed by atoms with E-state index in [1.54, 1.807) is 0 Å². The Morgan fingerprint density at radius 2 is 2.29 bits per heavy atom. The van der Waals surface area contributed by atoms with Crippen LogP contribution in [-0.2, 0) is 11.2 Å². The summed E-state index contributed by atoms with van der Waals surface area (Å²) in [6, 6.07) is 5.75. The molecule has 4 nitrogen and oxygen atoms in total. The number of amides is 1. The third-order valence-electron chi connectivity index (χ3n) is 2.83. The van der Waals surface area contributed by atoms with Gasteiger partial charge in [0, 0.05) is 12.2 Å². The first kappa shape index (κ1) is 11.9. The van der Waals surface area contributed by atoms with Crippen LogP contribution < -0.4 is 15.8 Å². The fraction of sp³-hybridized carbons (Fsp3) is 0.462. The summed E-state index contributed by atoms with van der Waals surface area (Å²) >= 11 is 0. The van der Waals surface area contributed by atoms with Crippen LogP contribution in [0.2, 0.25) is 0 Å². The average molecular weight is 234 g/mol. The average Bonchev–Trinajstić information content (AvgIpc) is 2.28. The van der Waals surface area contributed by atoms with Crippen LogP contribution in [0.15, 0.2) is 18.2 Å². The molecule has 0 aliphatic carbocycles. The highest BCUT2D eigenvalue weighted by Gasteiger charge is 2.25. The fourth-order valence-corrected chi connectivity index (χ4v) is 1.99. The smallest absolute Gasteiger partial charge is 0.229 e. The van der Waals surface area contributed by atoms with Gasteiger partial charge in [-0.15, -0.1) is 0 Å². The van der Waals surface area contributed by atoms with E-state index in [2.05, 4.69) is 5.32 Å². The maximum Gasteiger partial charge on any atom is 0.229 e. The summed E-state index contributed by atoms with van der Waals surface area (Å²) < 4.78 is 5.63. The summed E-state index contributed by atoms with van der Waals surface area (Å²) in [6.07, 6.45) is 0.837. The van der Waals surface area contributed by atoms with Crippen molar-refractivity contribution in [2.24, 2.45) is 11.7 Å². The fourth-order valence-electron chi connectivity index (χ4n) is 1.99. The Labute approximate surface area is 101 Å². The zero-order valence-electron chi connectivity index (χ0n) is 10.2. The summed E-state index contributed by atoms with van der Waals surface area (Å²) in [5, 5.41) is 2.87. The van der Waals surface area contributed by atoms with Crippen LogP contribution in [0.25, 0.3) is 0 Å². The molecule has 1 atom stereocenters. The Hall–Kier alpha value is -1.55. The van der Waals surface area contributed by atoms with E-state index in [1.165, 1.54) is 0 Å². The lowest BCUT2D eigenvalue weighted by Gasteiger charge is -2.24. The lowest BCUT2D eigenvalue weighted by Crippen LogP contribution is -2.34. The molecule has 1 amide bonds. The molecular formula is C13H18N2O2. The van der Waals surface area contributed by atoms with Gasteiger partial charge in [-0.3, -0.25) is 4.79 Å². The van der Waals surface area contributed by atoms with Crippen molar-refractivity contribution in [2.75, 3.05) is 11.9 Å². The van der Waals surface area contributed by atoms with E-state index in [4.69, 9.17) is 10.5 Å². The highest BCUT2D eigenvalue weighted by atomic mass is 16.5. The quantitative estimate of drug-likeness (QED) is 0.834. The van der Waals surface area contributed by atoms with Crippen molar-refractivity contribution in [1.29, 1.82) is 0 Å². The SMILES string of the molecule is CC(C)Oc1ccc2c(c1)CC(CN)C(=O)N2. The summed E-state index contributed by atoms with van der Waals surface area (Å²) in [5.74, 6) is 0.722.